The largest absolute Gasteiger partial charge is 0.508 e. The monoisotopic (exact) mass is 354 g/mol. The molecule has 1 aliphatic rings. The molecule has 0 amide bonds. The summed E-state index contributed by atoms with van der Waals surface area (Å²) in [5.74, 6) is 1.57. The number of aromatic hydroxyl groups is 2. The van der Waals surface area contributed by atoms with Gasteiger partial charge in [-0.15, -0.1) is 0 Å². The fraction of sp³-hybridized carbons (Fsp3) is 0.250. The van der Waals surface area contributed by atoms with Crippen LogP contribution in [-0.2, 0) is 21.0 Å². The topological polar surface area (TPSA) is 113 Å². The standard InChI is InChI=1S/C15H14O3.CH4O4S/c16-13-4-1-10(2-5-13)12-7-11-3-6-14(17)8-15(11)18-9-12;1-5-6(2,3)4/h1-6,8,12,16-17H,7,9H2;1H3,(H,2,3,4)/t12-;/m1./s1. The number of rotatable bonds is 2. The van der Waals surface area contributed by atoms with Crippen molar-refractivity contribution in [1.82, 2.24) is 0 Å². The predicted octanol–water partition coefficient (Wildman–Crippen LogP) is 2.25. The van der Waals surface area contributed by atoms with Crippen molar-refractivity contribution < 1.29 is 32.1 Å². The van der Waals surface area contributed by atoms with Crippen molar-refractivity contribution in [2.45, 2.75) is 12.3 Å². The normalized spacial score (nSPS) is 16.3. The maximum atomic E-state index is 9.39. The third kappa shape index (κ3) is 5.12. The number of phenols is 2. The van der Waals surface area contributed by atoms with Crippen LogP contribution in [0.3, 0.4) is 0 Å². The van der Waals surface area contributed by atoms with E-state index in [1.54, 1.807) is 24.3 Å². The highest BCUT2D eigenvalue weighted by atomic mass is 32.3. The Kier molecular flexibility index (Phi) is 5.66. The molecular formula is C16H18O7S. The molecule has 1 aliphatic heterocycles. The van der Waals surface area contributed by atoms with Crippen molar-refractivity contribution in [3.8, 4) is 17.2 Å². The molecule has 1 atom stereocenters. The Bertz CT molecular complexity index is 785. The van der Waals surface area contributed by atoms with Crippen LogP contribution in [0.1, 0.15) is 17.0 Å². The fourth-order valence-corrected chi connectivity index (χ4v) is 2.32. The van der Waals surface area contributed by atoms with E-state index >= 15 is 0 Å². The highest BCUT2D eigenvalue weighted by molar-refractivity contribution is 7.80. The molecule has 0 saturated carbocycles. The van der Waals surface area contributed by atoms with E-state index in [-0.39, 0.29) is 11.5 Å². The number of fused-ring (bicyclic) bond motifs is 1. The van der Waals surface area contributed by atoms with Crippen LogP contribution in [0.2, 0.25) is 0 Å². The summed E-state index contributed by atoms with van der Waals surface area (Å²) in [7, 11) is -3.29. The van der Waals surface area contributed by atoms with E-state index in [9.17, 15) is 18.6 Å². The molecule has 24 heavy (non-hydrogen) atoms. The summed E-state index contributed by atoms with van der Waals surface area (Å²) < 4.78 is 35.4. The zero-order chi connectivity index (χ0) is 17.7. The Hall–Kier alpha value is -2.29. The van der Waals surface area contributed by atoms with Crippen LogP contribution in [0.25, 0.3) is 0 Å². The molecule has 130 valence electrons. The molecule has 0 spiro atoms. The molecule has 2 aromatic carbocycles. The smallest absolute Gasteiger partial charge is 0.397 e. The Morgan fingerprint density at radius 2 is 1.67 bits per heavy atom. The van der Waals surface area contributed by atoms with Crippen LogP contribution < -0.4 is 4.74 Å². The van der Waals surface area contributed by atoms with Gasteiger partial charge < -0.3 is 14.9 Å². The van der Waals surface area contributed by atoms with E-state index in [4.69, 9.17) is 9.29 Å². The first-order chi connectivity index (χ1) is 11.3. The van der Waals surface area contributed by atoms with E-state index in [1.165, 1.54) is 0 Å². The Labute approximate surface area is 140 Å². The molecule has 0 saturated heterocycles. The third-order valence-electron chi connectivity index (χ3n) is 3.53. The first-order valence-corrected chi connectivity index (χ1v) is 8.41. The molecule has 0 aliphatic carbocycles. The summed E-state index contributed by atoms with van der Waals surface area (Å²) in [4.78, 5) is 0. The average molecular weight is 354 g/mol. The molecule has 1 heterocycles. The molecule has 0 fully saturated rings. The third-order valence-corrected chi connectivity index (χ3v) is 3.95. The number of hydrogen-bond donors (Lipinski definition) is 3. The van der Waals surface area contributed by atoms with Gasteiger partial charge in [-0.25, -0.2) is 0 Å². The van der Waals surface area contributed by atoms with Gasteiger partial charge in [0.15, 0.2) is 0 Å². The lowest BCUT2D eigenvalue weighted by atomic mass is 9.90. The first kappa shape index (κ1) is 18.1. The van der Waals surface area contributed by atoms with Crippen LogP contribution in [0.4, 0.5) is 0 Å². The average Bonchev–Trinajstić information content (AvgIpc) is 2.55. The highest BCUT2D eigenvalue weighted by Gasteiger charge is 2.21. The van der Waals surface area contributed by atoms with Crippen molar-refractivity contribution in [2.24, 2.45) is 0 Å². The Morgan fingerprint density at radius 3 is 2.25 bits per heavy atom. The van der Waals surface area contributed by atoms with Crippen LogP contribution >= 0.6 is 0 Å². The van der Waals surface area contributed by atoms with Gasteiger partial charge in [0.1, 0.15) is 17.2 Å². The minimum atomic E-state index is -4.16. The maximum Gasteiger partial charge on any atom is 0.397 e. The second-order valence-corrected chi connectivity index (χ2v) is 6.38. The predicted molar refractivity (Wildman–Crippen MR) is 86.7 cm³/mol. The lowest BCUT2D eigenvalue weighted by Gasteiger charge is -2.25. The van der Waals surface area contributed by atoms with Gasteiger partial charge in [-0.05, 0) is 35.7 Å². The zero-order valence-electron chi connectivity index (χ0n) is 12.9. The summed E-state index contributed by atoms with van der Waals surface area (Å²) in [5.41, 5.74) is 2.27. The van der Waals surface area contributed by atoms with E-state index in [2.05, 4.69) is 4.18 Å². The molecule has 0 aromatic heterocycles. The molecule has 7 nitrogen and oxygen atoms in total. The second-order valence-electron chi connectivity index (χ2n) is 5.19. The number of phenolic OH excluding ortho intramolecular Hbond substituents is 2. The van der Waals surface area contributed by atoms with Gasteiger partial charge >= 0.3 is 10.4 Å². The zero-order valence-corrected chi connectivity index (χ0v) is 13.7. The molecular weight excluding hydrogens is 336 g/mol. The van der Waals surface area contributed by atoms with Gasteiger partial charge in [0.05, 0.1) is 13.7 Å². The maximum absolute atomic E-state index is 9.39. The molecule has 3 rings (SSSR count). The SMILES string of the molecule is COS(=O)(=O)O.Oc1ccc([C@H]2COc3cc(O)ccc3C2)cc1. The van der Waals surface area contributed by atoms with Crippen LogP contribution in [0, 0.1) is 0 Å². The van der Waals surface area contributed by atoms with E-state index in [0.29, 0.717) is 12.5 Å². The Balaban J connectivity index is 0.000000301. The summed E-state index contributed by atoms with van der Waals surface area (Å²) in [6.45, 7) is 0.598. The number of hydrogen-bond acceptors (Lipinski definition) is 6. The highest BCUT2D eigenvalue weighted by Crippen LogP contribution is 2.34. The molecule has 3 N–H and O–H groups in total. The number of ether oxygens (including phenoxy) is 1. The molecule has 0 unspecified atom stereocenters. The van der Waals surface area contributed by atoms with Crippen LogP contribution in [0.5, 0.6) is 17.2 Å². The van der Waals surface area contributed by atoms with Gasteiger partial charge in [0.25, 0.3) is 0 Å². The summed E-state index contributed by atoms with van der Waals surface area (Å²) in [6.07, 6.45) is 0.889. The first-order valence-electron chi connectivity index (χ1n) is 7.05. The van der Waals surface area contributed by atoms with Gasteiger partial charge in [-0.3, -0.25) is 8.74 Å². The summed E-state index contributed by atoms with van der Waals surface area (Å²) >= 11 is 0. The minimum absolute atomic E-state index is 0.233. The molecule has 0 bridgehead atoms. The molecule has 8 heteroatoms. The molecule has 2 aromatic rings. The van der Waals surface area contributed by atoms with Crippen LogP contribution in [0.15, 0.2) is 42.5 Å². The van der Waals surface area contributed by atoms with Gasteiger partial charge in [0, 0.05) is 12.0 Å². The van der Waals surface area contributed by atoms with Gasteiger partial charge in [0.2, 0.25) is 0 Å². The summed E-state index contributed by atoms with van der Waals surface area (Å²) in [6, 6.07) is 12.5. The van der Waals surface area contributed by atoms with Crippen molar-refractivity contribution in [3.63, 3.8) is 0 Å². The summed E-state index contributed by atoms with van der Waals surface area (Å²) in [5, 5.41) is 18.7. The van der Waals surface area contributed by atoms with E-state index in [0.717, 1.165) is 30.4 Å². The fourth-order valence-electron chi connectivity index (χ4n) is 2.32. The van der Waals surface area contributed by atoms with Gasteiger partial charge in [-0.2, -0.15) is 8.42 Å². The second kappa shape index (κ2) is 7.52. The van der Waals surface area contributed by atoms with E-state index in [1.807, 2.05) is 18.2 Å². The van der Waals surface area contributed by atoms with Crippen molar-refractivity contribution in [3.05, 3.63) is 53.6 Å². The minimum Gasteiger partial charge on any atom is -0.508 e. The van der Waals surface area contributed by atoms with Crippen molar-refractivity contribution in [2.75, 3.05) is 13.7 Å². The van der Waals surface area contributed by atoms with Crippen LogP contribution in [-0.4, -0.2) is 36.9 Å². The lowest BCUT2D eigenvalue weighted by Crippen LogP contribution is -2.18. The molecule has 0 radical (unpaired) electrons. The van der Waals surface area contributed by atoms with E-state index < -0.39 is 10.4 Å². The Morgan fingerprint density at radius 1 is 1.08 bits per heavy atom. The van der Waals surface area contributed by atoms with Crippen molar-refractivity contribution in [1.29, 1.82) is 0 Å². The quantitative estimate of drug-likeness (QED) is 0.709. The van der Waals surface area contributed by atoms with Gasteiger partial charge in [-0.1, -0.05) is 18.2 Å². The number of benzene rings is 2. The van der Waals surface area contributed by atoms with Crippen molar-refractivity contribution >= 4 is 10.4 Å². The lowest BCUT2D eigenvalue weighted by molar-refractivity contribution is 0.261.